The molecule has 0 saturated carbocycles. The van der Waals surface area contributed by atoms with Crippen LogP contribution in [0, 0.1) is 0 Å². The van der Waals surface area contributed by atoms with Crippen LogP contribution in [0.3, 0.4) is 0 Å². The molecule has 4 rings (SSSR count). The van der Waals surface area contributed by atoms with Gasteiger partial charge in [-0.25, -0.2) is 9.97 Å². The van der Waals surface area contributed by atoms with Crippen LogP contribution in [-0.2, 0) is 16.1 Å². The van der Waals surface area contributed by atoms with Crippen LogP contribution in [0.15, 0.2) is 64.5 Å². The van der Waals surface area contributed by atoms with Gasteiger partial charge in [0.2, 0.25) is 5.91 Å². The number of imidazole rings is 1. The number of hydrogen-bond acceptors (Lipinski definition) is 5. The van der Waals surface area contributed by atoms with Gasteiger partial charge in [0.05, 0.1) is 30.3 Å². The molecule has 1 fully saturated rings. The quantitative estimate of drug-likeness (QED) is 0.508. The van der Waals surface area contributed by atoms with Gasteiger partial charge in [0.1, 0.15) is 5.82 Å². The highest BCUT2D eigenvalue weighted by molar-refractivity contribution is 9.10. The van der Waals surface area contributed by atoms with Crippen molar-refractivity contribution in [2.24, 2.45) is 0 Å². The smallest absolute Gasteiger partial charge is 0.236 e. The van der Waals surface area contributed by atoms with E-state index in [2.05, 4.69) is 47.9 Å². The van der Waals surface area contributed by atoms with Gasteiger partial charge >= 0.3 is 0 Å². The molecular formula is C21H21BrN4O2S. The first-order chi connectivity index (χ1) is 14.2. The number of aromatic nitrogens is 3. The maximum absolute atomic E-state index is 12.4. The number of pyridine rings is 1. The molecule has 2 aromatic heterocycles. The average Bonchev–Trinajstić information content (AvgIpc) is 3.39. The molecule has 1 aromatic carbocycles. The molecule has 0 spiro atoms. The lowest BCUT2D eigenvalue weighted by Gasteiger charge is -2.16. The molecule has 150 valence electrons. The number of anilines is 1. The molecule has 1 unspecified atom stereocenters. The summed E-state index contributed by atoms with van der Waals surface area (Å²) in [7, 11) is 0. The summed E-state index contributed by atoms with van der Waals surface area (Å²) in [5.74, 6) is 0.679. The summed E-state index contributed by atoms with van der Waals surface area (Å²) in [6.45, 7) is 1.55. The van der Waals surface area contributed by atoms with Gasteiger partial charge in [-0.15, -0.1) is 0 Å². The van der Waals surface area contributed by atoms with Gasteiger partial charge in [-0.2, -0.15) is 0 Å². The first-order valence-electron chi connectivity index (χ1n) is 9.46. The van der Waals surface area contributed by atoms with E-state index in [1.54, 1.807) is 12.3 Å². The van der Waals surface area contributed by atoms with E-state index in [0.29, 0.717) is 5.82 Å². The van der Waals surface area contributed by atoms with Crippen molar-refractivity contribution in [3.05, 3.63) is 59.3 Å². The minimum Gasteiger partial charge on any atom is -0.376 e. The molecule has 1 aliphatic heterocycles. The molecule has 0 radical (unpaired) electrons. The molecule has 0 aliphatic carbocycles. The van der Waals surface area contributed by atoms with Gasteiger partial charge < -0.3 is 14.6 Å². The first kappa shape index (κ1) is 20.1. The van der Waals surface area contributed by atoms with Crippen LogP contribution in [-0.4, -0.2) is 38.9 Å². The van der Waals surface area contributed by atoms with Crippen molar-refractivity contribution in [1.82, 2.24) is 14.5 Å². The van der Waals surface area contributed by atoms with Crippen LogP contribution in [0.25, 0.3) is 11.3 Å². The van der Waals surface area contributed by atoms with Gasteiger partial charge in [0.15, 0.2) is 5.16 Å². The second kappa shape index (κ2) is 9.56. The number of halogens is 1. The highest BCUT2D eigenvalue weighted by atomic mass is 79.9. The molecular weight excluding hydrogens is 452 g/mol. The molecule has 1 saturated heterocycles. The number of nitrogens with one attached hydrogen (secondary N) is 1. The zero-order chi connectivity index (χ0) is 20.1. The summed E-state index contributed by atoms with van der Waals surface area (Å²) in [4.78, 5) is 21.1. The predicted molar refractivity (Wildman–Crippen MR) is 118 cm³/mol. The minimum absolute atomic E-state index is 0.113. The van der Waals surface area contributed by atoms with E-state index < -0.39 is 0 Å². The Hall–Kier alpha value is -2.16. The maximum Gasteiger partial charge on any atom is 0.236 e. The molecule has 3 aromatic rings. The fraction of sp³-hybridized carbons (Fsp3) is 0.286. The maximum atomic E-state index is 12.4. The van der Waals surface area contributed by atoms with E-state index in [1.165, 1.54) is 11.8 Å². The van der Waals surface area contributed by atoms with E-state index >= 15 is 0 Å². The Morgan fingerprint density at radius 3 is 2.79 bits per heavy atom. The number of benzene rings is 1. The Balaban J connectivity index is 1.47. The molecule has 0 bridgehead atoms. The molecule has 29 heavy (non-hydrogen) atoms. The minimum atomic E-state index is -0.113. The highest BCUT2D eigenvalue weighted by Gasteiger charge is 2.21. The number of amides is 1. The van der Waals surface area contributed by atoms with Gasteiger partial charge in [0.25, 0.3) is 0 Å². The number of rotatable bonds is 7. The van der Waals surface area contributed by atoms with E-state index in [0.717, 1.165) is 46.9 Å². The SMILES string of the molecule is O=C(CSc1ncc(-c2ccccc2)n1CC1CCCO1)Nc1ccc(Br)cn1. The Morgan fingerprint density at radius 2 is 2.07 bits per heavy atom. The Kier molecular flexibility index (Phi) is 6.63. The molecule has 8 heteroatoms. The zero-order valence-electron chi connectivity index (χ0n) is 15.8. The van der Waals surface area contributed by atoms with Crippen LogP contribution in [0.1, 0.15) is 12.8 Å². The molecule has 6 nitrogen and oxygen atoms in total. The summed E-state index contributed by atoms with van der Waals surface area (Å²) < 4.78 is 8.87. The molecule has 1 atom stereocenters. The molecule has 1 aliphatic rings. The summed E-state index contributed by atoms with van der Waals surface area (Å²) in [5, 5.41) is 3.63. The lowest BCUT2D eigenvalue weighted by Crippen LogP contribution is -2.18. The van der Waals surface area contributed by atoms with E-state index in [1.807, 2.05) is 30.5 Å². The van der Waals surface area contributed by atoms with E-state index in [9.17, 15) is 4.79 Å². The Bertz CT molecular complexity index is 957. The van der Waals surface area contributed by atoms with Crippen LogP contribution in [0.4, 0.5) is 5.82 Å². The predicted octanol–water partition coefficient (Wildman–Crippen LogP) is 4.62. The summed E-state index contributed by atoms with van der Waals surface area (Å²) in [5.41, 5.74) is 2.15. The third-order valence-corrected chi connectivity index (χ3v) is 6.09. The van der Waals surface area contributed by atoms with E-state index in [-0.39, 0.29) is 17.8 Å². The van der Waals surface area contributed by atoms with Crippen LogP contribution >= 0.6 is 27.7 Å². The van der Waals surface area contributed by atoms with Crippen molar-refractivity contribution in [3.63, 3.8) is 0 Å². The first-order valence-corrected chi connectivity index (χ1v) is 11.2. The fourth-order valence-electron chi connectivity index (χ4n) is 3.24. The van der Waals surface area contributed by atoms with Gasteiger partial charge in [-0.3, -0.25) is 4.79 Å². The Morgan fingerprint density at radius 1 is 1.21 bits per heavy atom. The normalized spacial score (nSPS) is 16.1. The summed E-state index contributed by atoms with van der Waals surface area (Å²) >= 11 is 4.76. The standard InChI is InChI=1S/C21H21BrN4O2S/c22-16-8-9-19(23-11-16)25-20(27)14-29-21-24-12-18(15-5-2-1-3-6-15)26(21)13-17-7-4-10-28-17/h1-3,5-6,8-9,11-12,17H,4,7,10,13-14H2,(H,23,25,27). The summed E-state index contributed by atoms with van der Waals surface area (Å²) in [6, 6.07) is 13.8. The van der Waals surface area contributed by atoms with Crippen molar-refractivity contribution < 1.29 is 9.53 Å². The van der Waals surface area contributed by atoms with E-state index in [4.69, 9.17) is 4.74 Å². The van der Waals surface area contributed by atoms with Crippen molar-refractivity contribution >= 4 is 39.4 Å². The number of carbonyl (C=O) groups is 1. The topological polar surface area (TPSA) is 69.0 Å². The number of nitrogens with zero attached hydrogens (tertiary/aromatic N) is 3. The van der Waals surface area contributed by atoms with Crippen molar-refractivity contribution in [1.29, 1.82) is 0 Å². The lowest BCUT2D eigenvalue weighted by molar-refractivity contribution is -0.113. The lowest BCUT2D eigenvalue weighted by atomic mass is 10.1. The van der Waals surface area contributed by atoms with Gasteiger partial charge in [-0.1, -0.05) is 42.1 Å². The summed E-state index contributed by atoms with van der Waals surface area (Å²) in [6.07, 6.45) is 5.85. The second-order valence-corrected chi connectivity index (χ2v) is 8.59. The van der Waals surface area contributed by atoms with Crippen molar-refractivity contribution in [3.8, 4) is 11.3 Å². The largest absolute Gasteiger partial charge is 0.376 e. The highest BCUT2D eigenvalue weighted by Crippen LogP contribution is 2.28. The monoisotopic (exact) mass is 472 g/mol. The van der Waals surface area contributed by atoms with Crippen molar-refractivity contribution in [2.75, 3.05) is 17.7 Å². The van der Waals surface area contributed by atoms with Gasteiger partial charge in [-0.05, 0) is 46.5 Å². The molecule has 3 heterocycles. The van der Waals surface area contributed by atoms with Crippen LogP contribution in [0.5, 0.6) is 0 Å². The van der Waals surface area contributed by atoms with Crippen LogP contribution in [0.2, 0.25) is 0 Å². The van der Waals surface area contributed by atoms with Crippen LogP contribution < -0.4 is 5.32 Å². The molecule has 1 amide bonds. The van der Waals surface area contributed by atoms with Gasteiger partial charge in [0, 0.05) is 17.3 Å². The third-order valence-electron chi connectivity index (χ3n) is 4.63. The molecule has 1 N–H and O–H groups in total. The second-order valence-electron chi connectivity index (χ2n) is 6.74. The van der Waals surface area contributed by atoms with Crippen molar-refractivity contribution in [2.45, 2.75) is 30.6 Å². The number of carbonyl (C=O) groups excluding carboxylic acids is 1. The number of hydrogen-bond donors (Lipinski definition) is 1. The fourth-order valence-corrected chi connectivity index (χ4v) is 4.26. The number of thioether (sulfide) groups is 1. The Labute approximate surface area is 182 Å². The number of ether oxygens (including phenoxy) is 1. The average molecular weight is 473 g/mol. The third kappa shape index (κ3) is 5.26. The zero-order valence-corrected chi connectivity index (χ0v) is 18.2.